The molecule has 1 aromatic carbocycles. The predicted octanol–water partition coefficient (Wildman–Crippen LogP) is 2.29. The van der Waals surface area contributed by atoms with Gasteiger partial charge in [0.1, 0.15) is 6.04 Å². The van der Waals surface area contributed by atoms with Gasteiger partial charge in [0.25, 0.3) is 5.91 Å². The fraction of sp³-hybridized carbons (Fsp3) is 0.167. The van der Waals surface area contributed by atoms with E-state index >= 15 is 0 Å². The Labute approximate surface area is 138 Å². The van der Waals surface area contributed by atoms with E-state index in [0.29, 0.717) is 12.1 Å². The van der Waals surface area contributed by atoms with Crippen molar-refractivity contribution in [3.8, 4) is 0 Å². The predicted molar refractivity (Wildman–Crippen MR) is 89.8 cm³/mol. The number of carboxylic acids is 1. The van der Waals surface area contributed by atoms with Crippen molar-refractivity contribution in [2.45, 2.75) is 19.5 Å². The molecule has 0 unspecified atom stereocenters. The van der Waals surface area contributed by atoms with E-state index < -0.39 is 17.9 Å². The summed E-state index contributed by atoms with van der Waals surface area (Å²) in [6.07, 6.45) is 3.46. The van der Waals surface area contributed by atoms with Gasteiger partial charge in [0.2, 0.25) is 0 Å². The molecule has 1 atom stereocenters. The van der Waals surface area contributed by atoms with Crippen molar-refractivity contribution >= 4 is 22.8 Å². The minimum absolute atomic E-state index is 0.402. The first-order chi connectivity index (χ1) is 11.6. The van der Waals surface area contributed by atoms with E-state index in [0.717, 1.165) is 16.6 Å². The van der Waals surface area contributed by atoms with Crippen molar-refractivity contribution in [1.29, 1.82) is 0 Å². The van der Waals surface area contributed by atoms with Crippen molar-refractivity contribution in [2.75, 3.05) is 0 Å². The molecule has 0 bridgehead atoms. The normalized spacial score (nSPS) is 12.0. The maximum absolute atomic E-state index is 12.4. The van der Waals surface area contributed by atoms with Gasteiger partial charge in [-0.25, -0.2) is 0 Å². The molecular weight excluding hydrogens is 306 g/mol. The average molecular weight is 323 g/mol. The molecule has 0 saturated carbocycles. The molecule has 122 valence electrons. The van der Waals surface area contributed by atoms with Gasteiger partial charge in [0.05, 0.1) is 17.8 Å². The van der Waals surface area contributed by atoms with Crippen molar-refractivity contribution in [2.24, 2.45) is 0 Å². The number of benzene rings is 1. The number of carbonyl (C=O) groups is 2. The molecule has 2 aromatic heterocycles. The van der Waals surface area contributed by atoms with Crippen LogP contribution < -0.4 is 5.32 Å². The molecule has 0 aliphatic rings. The molecule has 24 heavy (non-hydrogen) atoms. The lowest BCUT2D eigenvalue weighted by Gasteiger charge is -2.08. The number of fused-ring (bicyclic) bond motifs is 1. The maximum atomic E-state index is 12.4. The van der Waals surface area contributed by atoms with Crippen LogP contribution in [0.1, 0.15) is 23.0 Å². The fourth-order valence-corrected chi connectivity index (χ4v) is 2.56. The van der Waals surface area contributed by atoms with Crippen LogP contribution in [-0.4, -0.2) is 32.6 Å². The Morgan fingerprint density at radius 3 is 2.67 bits per heavy atom. The van der Waals surface area contributed by atoms with Gasteiger partial charge >= 0.3 is 5.97 Å². The highest BCUT2D eigenvalue weighted by molar-refractivity contribution is 6.07. The lowest BCUT2D eigenvalue weighted by Crippen LogP contribution is -2.38. The van der Waals surface area contributed by atoms with Gasteiger partial charge < -0.3 is 15.0 Å². The number of carboxylic acid groups (broad SMARTS) is 1. The van der Waals surface area contributed by atoms with E-state index in [4.69, 9.17) is 5.11 Å². The van der Waals surface area contributed by atoms with Crippen LogP contribution >= 0.6 is 0 Å². The zero-order chi connectivity index (χ0) is 17.1. The number of hydrogen-bond acceptors (Lipinski definition) is 3. The SMILES string of the molecule is C[C@H](NC(=O)c1cn(Cc2ccccn2)c2ccccc12)C(=O)O. The first-order valence-corrected chi connectivity index (χ1v) is 7.57. The van der Waals surface area contributed by atoms with E-state index in [1.807, 2.05) is 47.0 Å². The second-order valence-electron chi connectivity index (χ2n) is 5.54. The second-order valence-corrected chi connectivity index (χ2v) is 5.54. The summed E-state index contributed by atoms with van der Waals surface area (Å²) < 4.78 is 1.94. The van der Waals surface area contributed by atoms with Crippen LogP contribution in [-0.2, 0) is 11.3 Å². The molecule has 0 spiro atoms. The van der Waals surface area contributed by atoms with Gasteiger partial charge in [-0.1, -0.05) is 24.3 Å². The molecule has 2 heterocycles. The Kier molecular flexibility index (Phi) is 4.29. The number of rotatable bonds is 5. The molecule has 0 saturated heterocycles. The smallest absolute Gasteiger partial charge is 0.325 e. The molecule has 0 fully saturated rings. The number of nitrogens with zero attached hydrogens (tertiary/aromatic N) is 2. The fourth-order valence-electron chi connectivity index (χ4n) is 2.56. The van der Waals surface area contributed by atoms with E-state index in [1.165, 1.54) is 6.92 Å². The van der Waals surface area contributed by atoms with Crippen molar-refractivity contribution in [3.63, 3.8) is 0 Å². The van der Waals surface area contributed by atoms with Crippen molar-refractivity contribution < 1.29 is 14.7 Å². The average Bonchev–Trinajstić information content (AvgIpc) is 2.94. The molecule has 6 nitrogen and oxygen atoms in total. The Bertz CT molecular complexity index is 887. The molecule has 0 aliphatic carbocycles. The number of aromatic nitrogens is 2. The maximum Gasteiger partial charge on any atom is 0.325 e. The number of nitrogens with one attached hydrogen (secondary N) is 1. The molecule has 0 aliphatic heterocycles. The summed E-state index contributed by atoms with van der Waals surface area (Å²) in [5.74, 6) is -1.47. The Morgan fingerprint density at radius 2 is 1.96 bits per heavy atom. The number of carbonyl (C=O) groups excluding carboxylic acids is 1. The largest absolute Gasteiger partial charge is 0.480 e. The van der Waals surface area contributed by atoms with E-state index in [1.54, 1.807) is 12.4 Å². The van der Waals surface area contributed by atoms with Gasteiger partial charge in [-0.05, 0) is 25.1 Å². The van der Waals surface area contributed by atoms with Crippen LogP contribution in [0.15, 0.2) is 54.9 Å². The van der Waals surface area contributed by atoms with Crippen molar-refractivity contribution in [1.82, 2.24) is 14.9 Å². The molecule has 2 N–H and O–H groups in total. The first-order valence-electron chi connectivity index (χ1n) is 7.57. The highest BCUT2D eigenvalue weighted by Crippen LogP contribution is 2.22. The monoisotopic (exact) mass is 323 g/mol. The number of para-hydroxylation sites is 1. The third-order valence-corrected chi connectivity index (χ3v) is 3.81. The van der Waals surface area contributed by atoms with Gasteiger partial charge in [0.15, 0.2) is 0 Å². The third-order valence-electron chi connectivity index (χ3n) is 3.81. The molecule has 3 rings (SSSR count). The van der Waals surface area contributed by atoms with Crippen molar-refractivity contribution in [3.05, 3.63) is 66.1 Å². The summed E-state index contributed by atoms with van der Waals surface area (Å²) in [4.78, 5) is 27.7. The van der Waals surface area contributed by atoms with E-state index in [2.05, 4.69) is 10.3 Å². The van der Waals surface area contributed by atoms with Crippen LogP contribution in [0.3, 0.4) is 0 Å². The molecule has 0 radical (unpaired) electrons. The number of hydrogen-bond donors (Lipinski definition) is 2. The number of amides is 1. The highest BCUT2D eigenvalue weighted by atomic mass is 16.4. The Hall–Kier alpha value is -3.15. The summed E-state index contributed by atoms with van der Waals surface area (Å²) >= 11 is 0. The second kappa shape index (κ2) is 6.54. The summed E-state index contributed by atoms with van der Waals surface area (Å²) in [5, 5.41) is 12.2. The van der Waals surface area contributed by atoms with Gasteiger partial charge in [0, 0.05) is 23.3 Å². The summed E-state index contributed by atoms with van der Waals surface area (Å²) in [7, 11) is 0. The quantitative estimate of drug-likeness (QED) is 0.754. The Morgan fingerprint density at radius 1 is 1.21 bits per heavy atom. The lowest BCUT2D eigenvalue weighted by molar-refractivity contribution is -0.138. The number of aliphatic carboxylic acids is 1. The van der Waals surface area contributed by atoms with Gasteiger partial charge in [-0.15, -0.1) is 0 Å². The van der Waals surface area contributed by atoms with E-state index in [-0.39, 0.29) is 0 Å². The molecule has 3 aromatic rings. The standard InChI is InChI=1S/C18H17N3O3/c1-12(18(23)24)20-17(22)15-11-21(10-13-6-4-5-9-19-13)16-8-3-2-7-14(15)16/h2-9,11-12H,10H2,1H3,(H,20,22)(H,23,24)/t12-/m0/s1. The van der Waals surface area contributed by atoms with Crippen LogP contribution in [0, 0.1) is 0 Å². The lowest BCUT2D eigenvalue weighted by atomic mass is 10.1. The zero-order valence-electron chi connectivity index (χ0n) is 13.1. The summed E-state index contributed by atoms with van der Waals surface area (Å²) in [6, 6.07) is 12.3. The van der Waals surface area contributed by atoms with Gasteiger partial charge in [-0.3, -0.25) is 14.6 Å². The van der Waals surface area contributed by atoms with Gasteiger partial charge in [-0.2, -0.15) is 0 Å². The highest BCUT2D eigenvalue weighted by Gasteiger charge is 2.19. The molecule has 6 heteroatoms. The minimum atomic E-state index is -1.07. The zero-order valence-corrected chi connectivity index (χ0v) is 13.1. The Balaban J connectivity index is 1.97. The van der Waals surface area contributed by atoms with Crippen LogP contribution in [0.4, 0.5) is 0 Å². The molecular formula is C18H17N3O3. The molecule has 1 amide bonds. The first kappa shape index (κ1) is 15.7. The summed E-state index contributed by atoms with van der Waals surface area (Å²) in [5.41, 5.74) is 2.23. The van der Waals surface area contributed by atoms with Crippen LogP contribution in [0.5, 0.6) is 0 Å². The van der Waals surface area contributed by atoms with E-state index in [9.17, 15) is 9.59 Å². The minimum Gasteiger partial charge on any atom is -0.480 e. The van der Waals surface area contributed by atoms with Crippen LogP contribution in [0.2, 0.25) is 0 Å². The number of pyridine rings is 1. The van der Waals surface area contributed by atoms with Crippen LogP contribution in [0.25, 0.3) is 10.9 Å². The summed E-state index contributed by atoms with van der Waals surface area (Å²) in [6.45, 7) is 1.97. The third kappa shape index (κ3) is 3.12. The topological polar surface area (TPSA) is 84.2 Å².